The zero-order valence-corrected chi connectivity index (χ0v) is 20.0. The second-order valence-electron chi connectivity index (χ2n) is 8.06. The Bertz CT molecular complexity index is 1150. The molecule has 10 heteroatoms. The molecule has 0 spiro atoms. The SMILES string of the molecule is CC(C)[C@H]1c2nc(-c3ccc(F)cc3)c(Nc3ccc(Cl)c(F)c3)n2CCN1C(=O)CN.S. The lowest BCUT2D eigenvalue weighted by molar-refractivity contribution is -0.134. The molecule has 33 heavy (non-hydrogen) atoms. The van der Waals surface area contributed by atoms with Gasteiger partial charge in [-0.15, -0.1) is 0 Å². The number of hydrogen-bond acceptors (Lipinski definition) is 4. The lowest BCUT2D eigenvalue weighted by atomic mass is 9.99. The maximum absolute atomic E-state index is 14.1. The monoisotopic (exact) mass is 493 g/mol. The highest BCUT2D eigenvalue weighted by Gasteiger charge is 2.36. The van der Waals surface area contributed by atoms with E-state index in [0.29, 0.717) is 41.7 Å². The maximum Gasteiger partial charge on any atom is 0.236 e. The Balaban J connectivity index is 0.00000306. The zero-order valence-electron chi connectivity index (χ0n) is 18.3. The second kappa shape index (κ2) is 10.1. The van der Waals surface area contributed by atoms with Crippen LogP contribution in [-0.4, -0.2) is 33.4 Å². The van der Waals surface area contributed by atoms with Crippen LogP contribution in [0.1, 0.15) is 25.7 Å². The third-order valence-electron chi connectivity index (χ3n) is 5.59. The molecule has 0 unspecified atom stereocenters. The van der Waals surface area contributed by atoms with Crippen molar-refractivity contribution in [3.05, 3.63) is 64.9 Å². The molecule has 1 aromatic heterocycles. The van der Waals surface area contributed by atoms with Gasteiger partial charge >= 0.3 is 0 Å². The van der Waals surface area contributed by atoms with E-state index in [0.717, 1.165) is 0 Å². The van der Waals surface area contributed by atoms with Crippen molar-refractivity contribution in [2.45, 2.75) is 26.4 Å². The van der Waals surface area contributed by atoms with Gasteiger partial charge in [0.15, 0.2) is 0 Å². The van der Waals surface area contributed by atoms with Crippen LogP contribution in [-0.2, 0) is 11.3 Å². The third kappa shape index (κ3) is 4.85. The first kappa shape index (κ1) is 25.0. The van der Waals surface area contributed by atoms with Crippen molar-refractivity contribution < 1.29 is 13.6 Å². The van der Waals surface area contributed by atoms with E-state index in [9.17, 15) is 13.6 Å². The Hall–Kier alpha value is -2.62. The molecule has 2 aromatic carbocycles. The maximum atomic E-state index is 14.1. The van der Waals surface area contributed by atoms with Gasteiger partial charge in [0.1, 0.15) is 29.0 Å². The van der Waals surface area contributed by atoms with Crippen LogP contribution in [0, 0.1) is 17.6 Å². The van der Waals surface area contributed by atoms with Gasteiger partial charge in [0.25, 0.3) is 0 Å². The van der Waals surface area contributed by atoms with Crippen LogP contribution >= 0.6 is 25.1 Å². The molecule has 1 atom stereocenters. The molecule has 0 aliphatic carbocycles. The summed E-state index contributed by atoms with van der Waals surface area (Å²) in [4.78, 5) is 19.1. The number of fused-ring (bicyclic) bond motifs is 1. The molecule has 1 amide bonds. The number of nitrogens with one attached hydrogen (secondary N) is 1. The second-order valence-corrected chi connectivity index (χ2v) is 8.47. The van der Waals surface area contributed by atoms with Gasteiger partial charge in [-0.1, -0.05) is 25.4 Å². The third-order valence-corrected chi connectivity index (χ3v) is 5.89. The number of nitrogens with two attached hydrogens (primary N) is 1. The molecule has 0 fully saturated rings. The lowest BCUT2D eigenvalue weighted by Gasteiger charge is -2.38. The van der Waals surface area contributed by atoms with Crippen molar-refractivity contribution >= 4 is 42.5 Å². The summed E-state index contributed by atoms with van der Waals surface area (Å²) in [7, 11) is 0. The van der Waals surface area contributed by atoms with Crippen molar-refractivity contribution in [3.8, 4) is 11.3 Å². The fourth-order valence-corrected chi connectivity index (χ4v) is 4.23. The molecular formula is C23H26ClF2N5OS. The summed E-state index contributed by atoms with van der Waals surface area (Å²) in [5.41, 5.74) is 7.43. The van der Waals surface area contributed by atoms with Crippen LogP contribution in [0.4, 0.5) is 20.3 Å². The number of carbonyl (C=O) groups is 1. The molecule has 0 radical (unpaired) electrons. The molecule has 4 rings (SSSR count). The van der Waals surface area contributed by atoms with E-state index in [1.54, 1.807) is 23.1 Å². The van der Waals surface area contributed by atoms with Crippen molar-refractivity contribution in [1.82, 2.24) is 14.5 Å². The summed E-state index contributed by atoms with van der Waals surface area (Å²) in [6, 6.07) is 10.2. The molecule has 3 N–H and O–H groups in total. The topological polar surface area (TPSA) is 76.2 Å². The van der Waals surface area contributed by atoms with E-state index in [-0.39, 0.29) is 48.7 Å². The zero-order chi connectivity index (χ0) is 23.0. The van der Waals surface area contributed by atoms with Crippen LogP contribution in [0.15, 0.2) is 42.5 Å². The van der Waals surface area contributed by atoms with E-state index in [4.69, 9.17) is 22.3 Å². The van der Waals surface area contributed by atoms with Gasteiger partial charge in [-0.05, 0) is 48.4 Å². The first-order valence-corrected chi connectivity index (χ1v) is 10.8. The highest BCUT2D eigenvalue weighted by Crippen LogP contribution is 2.39. The number of aromatic nitrogens is 2. The Morgan fingerprint density at radius 2 is 1.91 bits per heavy atom. The Kier molecular flexibility index (Phi) is 7.66. The molecule has 0 bridgehead atoms. The van der Waals surface area contributed by atoms with Gasteiger partial charge in [-0.2, -0.15) is 13.5 Å². The minimum Gasteiger partial charge on any atom is -0.340 e. The van der Waals surface area contributed by atoms with E-state index in [1.165, 1.54) is 24.3 Å². The number of carbonyl (C=O) groups excluding carboxylic acids is 1. The number of halogens is 3. The minimum absolute atomic E-state index is 0. The van der Waals surface area contributed by atoms with Crippen molar-refractivity contribution in [1.29, 1.82) is 0 Å². The predicted octanol–water partition coefficient (Wildman–Crippen LogP) is 4.84. The van der Waals surface area contributed by atoms with Gasteiger partial charge in [0.2, 0.25) is 5.91 Å². The fourth-order valence-electron chi connectivity index (χ4n) is 4.11. The number of hydrogen-bond donors (Lipinski definition) is 2. The molecule has 1 aliphatic rings. The minimum atomic E-state index is -0.543. The van der Waals surface area contributed by atoms with Gasteiger partial charge in [0.05, 0.1) is 17.6 Å². The first-order valence-electron chi connectivity index (χ1n) is 10.4. The van der Waals surface area contributed by atoms with Gasteiger partial charge in [0, 0.05) is 24.3 Å². The van der Waals surface area contributed by atoms with Crippen LogP contribution in [0.5, 0.6) is 0 Å². The molecule has 0 saturated heterocycles. The Morgan fingerprint density at radius 3 is 2.52 bits per heavy atom. The van der Waals surface area contributed by atoms with Gasteiger partial charge < -0.3 is 20.5 Å². The summed E-state index contributed by atoms with van der Waals surface area (Å²) in [6.45, 7) is 4.91. The van der Waals surface area contributed by atoms with Crippen LogP contribution in [0.25, 0.3) is 11.3 Å². The molecule has 0 saturated carbocycles. The standard InChI is InChI=1S/C23H24ClF2N5O.H2S/c1-13(2)21-23-29-20(14-3-5-15(25)6-4-14)22(28-16-7-8-17(24)18(26)11-16)31(23)10-9-30(21)19(32)12-27;/h3-8,11,13,21,28H,9-10,12,27H2,1-2H3;1H2/t21-;/m0./s1. The van der Waals surface area contributed by atoms with Crippen LogP contribution < -0.4 is 11.1 Å². The number of anilines is 2. The van der Waals surface area contributed by atoms with Crippen LogP contribution in [0.3, 0.4) is 0 Å². The summed E-state index contributed by atoms with van der Waals surface area (Å²) < 4.78 is 29.6. The molecular weight excluding hydrogens is 468 g/mol. The summed E-state index contributed by atoms with van der Waals surface area (Å²) in [6.07, 6.45) is 0. The lowest BCUT2D eigenvalue weighted by Crippen LogP contribution is -2.46. The number of imidazole rings is 1. The predicted molar refractivity (Wildman–Crippen MR) is 131 cm³/mol. The number of rotatable bonds is 5. The quantitative estimate of drug-likeness (QED) is 0.533. The fraction of sp³-hybridized carbons (Fsp3) is 0.304. The highest BCUT2D eigenvalue weighted by molar-refractivity contribution is 7.59. The number of nitrogens with zero attached hydrogens (tertiary/aromatic N) is 3. The van der Waals surface area contributed by atoms with Crippen molar-refractivity contribution in [3.63, 3.8) is 0 Å². The van der Waals surface area contributed by atoms with E-state index in [1.807, 2.05) is 18.4 Å². The summed E-state index contributed by atoms with van der Waals surface area (Å²) >= 11 is 5.83. The summed E-state index contributed by atoms with van der Waals surface area (Å²) in [5, 5.41) is 3.29. The molecule has 6 nitrogen and oxygen atoms in total. The highest BCUT2D eigenvalue weighted by atomic mass is 35.5. The van der Waals surface area contributed by atoms with Crippen molar-refractivity contribution in [2.24, 2.45) is 11.7 Å². The number of amides is 1. The molecule has 1 aliphatic heterocycles. The summed E-state index contributed by atoms with van der Waals surface area (Å²) in [5.74, 6) is 0.373. The molecule has 176 valence electrons. The normalized spacial score (nSPS) is 15.2. The molecule has 2 heterocycles. The van der Waals surface area contributed by atoms with E-state index >= 15 is 0 Å². The Morgan fingerprint density at radius 1 is 1.21 bits per heavy atom. The number of benzene rings is 2. The van der Waals surface area contributed by atoms with Crippen LogP contribution in [0.2, 0.25) is 5.02 Å². The molecule has 3 aromatic rings. The average Bonchev–Trinajstić information content (AvgIpc) is 3.13. The largest absolute Gasteiger partial charge is 0.340 e. The van der Waals surface area contributed by atoms with Crippen molar-refractivity contribution in [2.75, 3.05) is 18.4 Å². The average molecular weight is 494 g/mol. The van der Waals surface area contributed by atoms with Gasteiger partial charge in [-0.3, -0.25) is 4.79 Å². The smallest absolute Gasteiger partial charge is 0.236 e. The Labute approximate surface area is 203 Å². The van der Waals surface area contributed by atoms with E-state index in [2.05, 4.69) is 5.32 Å². The van der Waals surface area contributed by atoms with Gasteiger partial charge in [-0.25, -0.2) is 13.8 Å². The van der Waals surface area contributed by atoms with E-state index < -0.39 is 5.82 Å². The first-order chi connectivity index (χ1) is 15.3.